The first-order chi connectivity index (χ1) is 17.4. The van der Waals surface area contributed by atoms with E-state index in [1.165, 1.54) is 9.47 Å². The van der Waals surface area contributed by atoms with Crippen molar-refractivity contribution in [1.82, 2.24) is 14.8 Å². The fraction of sp³-hybridized carbons (Fsp3) is 0.381. The van der Waals surface area contributed by atoms with Crippen molar-refractivity contribution in [1.29, 1.82) is 0 Å². The molecule has 16 heteroatoms. The van der Waals surface area contributed by atoms with Gasteiger partial charge < -0.3 is 28.8 Å². The summed E-state index contributed by atoms with van der Waals surface area (Å²) in [5.41, 5.74) is -3.26. The Balaban J connectivity index is 1.43. The Kier molecular flexibility index (Phi) is 5.91. The largest absolute Gasteiger partial charge is 0.503 e. The third-order valence-electron chi connectivity index (χ3n) is 6.54. The maximum absolute atomic E-state index is 14.5. The van der Waals surface area contributed by atoms with Crippen LogP contribution in [0.3, 0.4) is 0 Å². The molecule has 0 radical (unpaired) electrons. The normalized spacial score (nSPS) is 22.4. The topological polar surface area (TPSA) is 164 Å². The van der Waals surface area contributed by atoms with Gasteiger partial charge in [-0.05, 0) is 19.3 Å². The molecule has 1 aromatic carbocycles. The van der Waals surface area contributed by atoms with Crippen LogP contribution in [-0.4, -0.2) is 57.7 Å². The van der Waals surface area contributed by atoms with E-state index in [9.17, 15) is 41.1 Å². The summed E-state index contributed by atoms with van der Waals surface area (Å²) < 4.78 is 83.7. The standard InChI is InChI=1S/C21H18F3N3O9S/c22-12-4-13(23)19(36-37(32,33)34)15(24)10(12)5-25-20(30)11-6-26-7-14-27(8-1-2-9(3-8)35-14)21(31)16(26)18(29)17(11)28/h4,6,8-9,14,29H,1-3,5,7H2,(H,25,30)(H,32,33,34)/t8-,9+,14-/m0/s1. The highest BCUT2D eigenvalue weighted by atomic mass is 32.3. The lowest BCUT2D eigenvalue weighted by atomic mass is 10.1. The number of amides is 2. The second kappa shape index (κ2) is 8.74. The zero-order valence-corrected chi connectivity index (χ0v) is 19.4. The van der Waals surface area contributed by atoms with Gasteiger partial charge in [-0.15, -0.1) is 0 Å². The van der Waals surface area contributed by atoms with Gasteiger partial charge in [0.2, 0.25) is 11.2 Å². The molecule has 3 heterocycles. The van der Waals surface area contributed by atoms with Gasteiger partial charge in [-0.2, -0.15) is 8.42 Å². The number of carbonyl (C=O) groups excluding carboxylic acids is 2. The van der Waals surface area contributed by atoms with Crippen molar-refractivity contribution in [3.63, 3.8) is 0 Å². The van der Waals surface area contributed by atoms with Crippen LogP contribution in [0.15, 0.2) is 17.1 Å². The molecule has 2 bridgehead atoms. The van der Waals surface area contributed by atoms with Gasteiger partial charge in [0.15, 0.2) is 29.3 Å². The summed E-state index contributed by atoms with van der Waals surface area (Å²) in [4.78, 5) is 40.0. The zero-order chi connectivity index (χ0) is 26.8. The number of nitrogens with one attached hydrogen (secondary N) is 1. The fourth-order valence-corrected chi connectivity index (χ4v) is 5.30. The molecular weight excluding hydrogens is 527 g/mol. The van der Waals surface area contributed by atoms with Gasteiger partial charge in [0.1, 0.15) is 11.4 Å². The van der Waals surface area contributed by atoms with Crippen LogP contribution in [0.25, 0.3) is 0 Å². The highest BCUT2D eigenvalue weighted by molar-refractivity contribution is 7.81. The summed E-state index contributed by atoms with van der Waals surface area (Å²) in [5.74, 6) is -9.64. The summed E-state index contributed by atoms with van der Waals surface area (Å²) in [7, 11) is -5.36. The number of nitrogens with zero attached hydrogens (tertiary/aromatic N) is 2. The Morgan fingerprint density at radius 1 is 1.22 bits per heavy atom. The number of halogens is 3. The number of aromatic nitrogens is 1. The molecule has 3 N–H and O–H groups in total. The Hall–Kier alpha value is -3.63. The van der Waals surface area contributed by atoms with Gasteiger partial charge in [0.05, 0.1) is 12.6 Å². The number of hydrogen-bond acceptors (Lipinski definition) is 8. The number of aromatic hydroxyl groups is 1. The lowest BCUT2D eigenvalue weighted by Crippen LogP contribution is -2.57. The van der Waals surface area contributed by atoms with E-state index in [1.807, 2.05) is 5.32 Å². The van der Waals surface area contributed by atoms with E-state index in [2.05, 4.69) is 4.18 Å². The summed E-state index contributed by atoms with van der Waals surface area (Å²) in [6, 6.07) is -0.0306. The number of hydrogen-bond donors (Lipinski definition) is 3. The van der Waals surface area contributed by atoms with Crippen molar-refractivity contribution in [2.24, 2.45) is 0 Å². The summed E-state index contributed by atoms with van der Waals surface area (Å²) in [6.07, 6.45) is 2.41. The first kappa shape index (κ1) is 25.0. The molecule has 37 heavy (non-hydrogen) atoms. The molecule has 2 aromatic rings. The third-order valence-corrected chi connectivity index (χ3v) is 6.92. The molecule has 0 unspecified atom stereocenters. The third kappa shape index (κ3) is 4.30. The van der Waals surface area contributed by atoms with Crippen LogP contribution < -0.4 is 14.9 Å². The molecule has 0 spiro atoms. The quantitative estimate of drug-likeness (QED) is 0.461. The maximum atomic E-state index is 14.5. The minimum atomic E-state index is -5.36. The zero-order valence-electron chi connectivity index (χ0n) is 18.6. The van der Waals surface area contributed by atoms with Gasteiger partial charge in [-0.25, -0.2) is 13.2 Å². The molecule has 2 amide bonds. The molecule has 2 fully saturated rings. The van der Waals surface area contributed by atoms with Crippen molar-refractivity contribution < 1.29 is 49.8 Å². The van der Waals surface area contributed by atoms with Crippen molar-refractivity contribution in [3.05, 3.63) is 56.8 Å². The molecule has 12 nitrogen and oxygen atoms in total. The number of carbonyl (C=O) groups is 2. The van der Waals surface area contributed by atoms with Crippen LogP contribution in [0, 0.1) is 17.5 Å². The number of fused-ring (bicyclic) bond motifs is 5. The van der Waals surface area contributed by atoms with E-state index in [0.29, 0.717) is 12.8 Å². The van der Waals surface area contributed by atoms with Crippen LogP contribution in [0.4, 0.5) is 13.2 Å². The van der Waals surface area contributed by atoms with Crippen molar-refractivity contribution in [2.45, 2.75) is 50.7 Å². The minimum absolute atomic E-state index is 0.0136. The van der Waals surface area contributed by atoms with Gasteiger partial charge in [0, 0.05) is 30.4 Å². The highest BCUT2D eigenvalue weighted by Gasteiger charge is 2.47. The molecule has 1 saturated heterocycles. The van der Waals surface area contributed by atoms with Crippen molar-refractivity contribution in [3.8, 4) is 11.5 Å². The number of rotatable bonds is 5. The Morgan fingerprint density at radius 3 is 2.65 bits per heavy atom. The first-order valence-corrected chi connectivity index (χ1v) is 12.3. The van der Waals surface area contributed by atoms with E-state index in [1.54, 1.807) is 0 Å². The van der Waals surface area contributed by atoms with Crippen LogP contribution in [-0.2, 0) is 28.2 Å². The van der Waals surface area contributed by atoms with Gasteiger partial charge in [0.25, 0.3) is 11.8 Å². The number of pyridine rings is 1. The Bertz CT molecular complexity index is 1510. The average Bonchev–Trinajstić information content (AvgIpc) is 3.18. The molecule has 1 aliphatic carbocycles. The molecule has 3 atom stereocenters. The number of ether oxygens (including phenoxy) is 1. The molecule has 1 aromatic heterocycles. The molecular formula is C21H18F3N3O9S. The van der Waals surface area contributed by atoms with E-state index in [4.69, 9.17) is 9.29 Å². The van der Waals surface area contributed by atoms with Crippen LogP contribution in [0.5, 0.6) is 11.5 Å². The maximum Gasteiger partial charge on any atom is 0.446 e. The monoisotopic (exact) mass is 545 g/mol. The molecule has 1 saturated carbocycles. The van der Waals surface area contributed by atoms with Crippen LogP contribution in [0.1, 0.15) is 45.7 Å². The predicted molar refractivity (Wildman–Crippen MR) is 114 cm³/mol. The van der Waals surface area contributed by atoms with Crippen LogP contribution >= 0.6 is 0 Å². The highest BCUT2D eigenvalue weighted by Crippen LogP contribution is 2.38. The van der Waals surface area contributed by atoms with E-state index in [0.717, 1.165) is 12.6 Å². The van der Waals surface area contributed by atoms with E-state index >= 15 is 0 Å². The van der Waals surface area contributed by atoms with Crippen LogP contribution in [0.2, 0.25) is 0 Å². The molecule has 3 aliphatic rings. The first-order valence-electron chi connectivity index (χ1n) is 10.9. The Labute approximate surface area is 206 Å². The van der Waals surface area contributed by atoms with Gasteiger partial charge in [-0.3, -0.25) is 18.9 Å². The fourth-order valence-electron chi connectivity index (χ4n) is 4.93. The SMILES string of the molecule is O=C(NCc1c(F)cc(F)c(OS(=O)(=O)O)c1F)c1cn2c(c(O)c1=O)C(=O)N1[C@H]3CC[C@H](C3)O[C@H]1C2. The van der Waals surface area contributed by atoms with Gasteiger partial charge in [-0.1, -0.05) is 0 Å². The van der Waals surface area contributed by atoms with Gasteiger partial charge >= 0.3 is 10.4 Å². The summed E-state index contributed by atoms with van der Waals surface area (Å²) in [6.45, 7) is -0.998. The molecule has 2 aliphatic heterocycles. The Morgan fingerprint density at radius 2 is 1.95 bits per heavy atom. The second-order valence-corrected chi connectivity index (χ2v) is 9.79. The average molecular weight is 545 g/mol. The predicted octanol–water partition coefficient (Wildman–Crippen LogP) is 0.816. The molecule has 5 rings (SSSR count). The lowest BCUT2D eigenvalue weighted by molar-refractivity contribution is -0.132. The van der Waals surface area contributed by atoms with Crippen molar-refractivity contribution >= 4 is 22.2 Å². The van der Waals surface area contributed by atoms with E-state index < -0.39 is 80.5 Å². The second-order valence-electron chi connectivity index (χ2n) is 8.77. The summed E-state index contributed by atoms with van der Waals surface area (Å²) in [5, 5.41) is 12.5. The minimum Gasteiger partial charge on any atom is -0.503 e. The smallest absolute Gasteiger partial charge is 0.446 e. The summed E-state index contributed by atoms with van der Waals surface area (Å²) >= 11 is 0. The lowest BCUT2D eigenvalue weighted by Gasteiger charge is -2.44. The van der Waals surface area contributed by atoms with E-state index in [-0.39, 0.29) is 30.5 Å². The number of benzene rings is 1. The molecule has 198 valence electrons. The van der Waals surface area contributed by atoms with Crippen molar-refractivity contribution in [2.75, 3.05) is 0 Å².